The minimum atomic E-state index is -0.797. The first-order valence-electron chi connectivity index (χ1n) is 11.0. The molecular weight excluding hydrogens is 426 g/mol. The average molecular weight is 454 g/mol. The summed E-state index contributed by atoms with van der Waals surface area (Å²) in [5.41, 5.74) is 1.03. The molecule has 2 aliphatic rings. The van der Waals surface area contributed by atoms with E-state index < -0.39 is 6.04 Å². The normalized spacial score (nSPS) is 19.3. The Balaban J connectivity index is 1.57. The Labute approximate surface area is 191 Å². The van der Waals surface area contributed by atoms with Gasteiger partial charge in [0.2, 0.25) is 17.7 Å². The van der Waals surface area contributed by atoms with E-state index in [0.717, 1.165) is 41.9 Å². The minimum Gasteiger partial charge on any atom is -0.326 e. The number of benzene rings is 1. The van der Waals surface area contributed by atoms with Crippen LogP contribution in [0.2, 0.25) is 0 Å². The van der Waals surface area contributed by atoms with Gasteiger partial charge in [-0.15, -0.1) is 11.3 Å². The topological polar surface area (TPSA) is 86.8 Å². The van der Waals surface area contributed by atoms with Crippen LogP contribution in [0.15, 0.2) is 41.8 Å². The van der Waals surface area contributed by atoms with Crippen LogP contribution in [0.3, 0.4) is 0 Å². The molecule has 0 bridgehead atoms. The largest absolute Gasteiger partial charge is 0.326 e. The van der Waals surface area contributed by atoms with Crippen LogP contribution in [-0.2, 0) is 25.7 Å². The standard InChI is InChI=1S/C24H27N3O4S/c1-16(28)25-18-9-11-19(12-10-18)27-22(29)14-21(24(27)31)26(15-20-8-5-13-32-20)23(30)17-6-3-2-4-7-17/h5,8-13,17,21H,2-4,6-7,14-15H2,1H3,(H,25,28). The third-order valence-electron chi connectivity index (χ3n) is 6.09. The molecule has 1 aliphatic carbocycles. The van der Waals surface area contributed by atoms with E-state index in [1.165, 1.54) is 6.92 Å². The quantitative estimate of drug-likeness (QED) is 0.671. The van der Waals surface area contributed by atoms with E-state index in [4.69, 9.17) is 0 Å². The molecule has 0 radical (unpaired) electrons. The van der Waals surface area contributed by atoms with Crippen molar-refractivity contribution in [1.82, 2.24) is 4.90 Å². The lowest BCUT2D eigenvalue weighted by Gasteiger charge is -2.32. The fourth-order valence-corrected chi connectivity index (χ4v) is 5.23. The summed E-state index contributed by atoms with van der Waals surface area (Å²) in [6.07, 6.45) is 4.83. The number of amides is 4. The maximum Gasteiger partial charge on any atom is 0.257 e. The van der Waals surface area contributed by atoms with Gasteiger partial charge in [0.25, 0.3) is 5.91 Å². The van der Waals surface area contributed by atoms with Crippen LogP contribution in [0.5, 0.6) is 0 Å². The van der Waals surface area contributed by atoms with Crippen LogP contribution >= 0.6 is 11.3 Å². The van der Waals surface area contributed by atoms with E-state index in [1.807, 2.05) is 17.5 Å². The fraction of sp³-hybridized carbons (Fsp3) is 0.417. The van der Waals surface area contributed by atoms with Crippen molar-refractivity contribution in [3.05, 3.63) is 46.7 Å². The molecule has 2 heterocycles. The molecule has 1 unspecified atom stereocenters. The van der Waals surface area contributed by atoms with Crippen molar-refractivity contribution in [2.24, 2.45) is 5.92 Å². The summed E-state index contributed by atoms with van der Waals surface area (Å²) in [7, 11) is 0. The maximum absolute atomic E-state index is 13.5. The number of nitrogens with zero attached hydrogens (tertiary/aromatic N) is 2. The van der Waals surface area contributed by atoms with E-state index in [0.29, 0.717) is 17.9 Å². The highest BCUT2D eigenvalue weighted by molar-refractivity contribution is 7.09. The van der Waals surface area contributed by atoms with Crippen molar-refractivity contribution in [3.8, 4) is 0 Å². The minimum absolute atomic E-state index is 0.0177. The highest BCUT2D eigenvalue weighted by Crippen LogP contribution is 2.32. The lowest BCUT2D eigenvalue weighted by molar-refractivity contribution is -0.143. The molecule has 8 heteroatoms. The number of hydrogen-bond donors (Lipinski definition) is 1. The maximum atomic E-state index is 13.5. The number of anilines is 2. The van der Waals surface area contributed by atoms with Gasteiger partial charge in [0.1, 0.15) is 6.04 Å². The van der Waals surface area contributed by atoms with Gasteiger partial charge in [-0.2, -0.15) is 0 Å². The monoisotopic (exact) mass is 453 g/mol. The van der Waals surface area contributed by atoms with Gasteiger partial charge in [-0.25, -0.2) is 4.90 Å². The first kappa shape index (κ1) is 22.2. The van der Waals surface area contributed by atoms with Gasteiger partial charge in [-0.05, 0) is 48.6 Å². The van der Waals surface area contributed by atoms with Gasteiger partial charge < -0.3 is 10.2 Å². The first-order chi connectivity index (χ1) is 15.4. The first-order valence-corrected chi connectivity index (χ1v) is 11.9. The van der Waals surface area contributed by atoms with Crippen molar-refractivity contribution >= 4 is 46.3 Å². The predicted molar refractivity (Wildman–Crippen MR) is 123 cm³/mol. The number of rotatable bonds is 6. The Morgan fingerprint density at radius 1 is 1.09 bits per heavy atom. The zero-order valence-electron chi connectivity index (χ0n) is 18.1. The Morgan fingerprint density at radius 3 is 2.44 bits per heavy atom. The molecule has 0 spiro atoms. The van der Waals surface area contributed by atoms with E-state index in [2.05, 4.69) is 5.32 Å². The third kappa shape index (κ3) is 4.75. The van der Waals surface area contributed by atoms with Crippen LogP contribution < -0.4 is 10.2 Å². The third-order valence-corrected chi connectivity index (χ3v) is 6.95. The summed E-state index contributed by atoms with van der Waals surface area (Å²) in [6, 6.07) is 9.66. The van der Waals surface area contributed by atoms with Gasteiger partial charge in [-0.1, -0.05) is 25.3 Å². The average Bonchev–Trinajstić information content (AvgIpc) is 3.40. The van der Waals surface area contributed by atoms with Crippen LogP contribution in [0, 0.1) is 5.92 Å². The zero-order chi connectivity index (χ0) is 22.7. The lowest BCUT2D eigenvalue weighted by atomic mass is 9.88. The molecule has 4 amide bonds. The van der Waals surface area contributed by atoms with Crippen molar-refractivity contribution in [2.75, 3.05) is 10.2 Å². The molecule has 1 atom stereocenters. The van der Waals surface area contributed by atoms with Crippen molar-refractivity contribution in [1.29, 1.82) is 0 Å². The highest BCUT2D eigenvalue weighted by atomic mass is 32.1. The van der Waals surface area contributed by atoms with Crippen molar-refractivity contribution in [3.63, 3.8) is 0 Å². The molecule has 1 aromatic heterocycles. The predicted octanol–water partition coefficient (Wildman–Crippen LogP) is 3.95. The second kappa shape index (κ2) is 9.65. The number of imide groups is 1. The number of carbonyl (C=O) groups excluding carboxylic acids is 4. The molecule has 1 aliphatic heterocycles. The number of carbonyl (C=O) groups is 4. The molecule has 1 aromatic carbocycles. The van der Waals surface area contributed by atoms with Gasteiger partial charge >= 0.3 is 0 Å². The molecular formula is C24H27N3O4S. The van der Waals surface area contributed by atoms with Crippen LogP contribution in [0.1, 0.15) is 50.3 Å². The van der Waals surface area contributed by atoms with E-state index >= 15 is 0 Å². The highest BCUT2D eigenvalue weighted by Gasteiger charge is 2.45. The van der Waals surface area contributed by atoms with E-state index in [9.17, 15) is 19.2 Å². The Kier molecular flexibility index (Phi) is 6.69. The molecule has 4 rings (SSSR count). The van der Waals surface area contributed by atoms with Gasteiger partial charge in [0, 0.05) is 23.4 Å². The molecule has 1 saturated carbocycles. The summed E-state index contributed by atoms with van der Waals surface area (Å²) >= 11 is 1.54. The summed E-state index contributed by atoms with van der Waals surface area (Å²) in [6.45, 7) is 1.75. The molecule has 2 fully saturated rings. The number of thiophene rings is 1. The second-order valence-electron chi connectivity index (χ2n) is 8.40. The van der Waals surface area contributed by atoms with Crippen molar-refractivity contribution in [2.45, 2.75) is 58.0 Å². The lowest BCUT2D eigenvalue weighted by Crippen LogP contribution is -2.47. The van der Waals surface area contributed by atoms with Crippen molar-refractivity contribution < 1.29 is 19.2 Å². The van der Waals surface area contributed by atoms with Crippen LogP contribution in [-0.4, -0.2) is 34.6 Å². The summed E-state index contributed by atoms with van der Waals surface area (Å²) < 4.78 is 0. The summed E-state index contributed by atoms with van der Waals surface area (Å²) in [5.74, 6) is -0.996. The fourth-order valence-electron chi connectivity index (χ4n) is 4.52. The van der Waals surface area contributed by atoms with Crippen LogP contribution in [0.25, 0.3) is 0 Å². The molecule has 7 nitrogen and oxygen atoms in total. The Bertz CT molecular complexity index is 997. The van der Waals surface area contributed by atoms with Gasteiger partial charge in [0.05, 0.1) is 18.7 Å². The number of nitrogens with one attached hydrogen (secondary N) is 1. The van der Waals surface area contributed by atoms with Crippen LogP contribution in [0.4, 0.5) is 11.4 Å². The van der Waals surface area contributed by atoms with Gasteiger partial charge in [0.15, 0.2) is 0 Å². The van der Waals surface area contributed by atoms with Gasteiger partial charge in [-0.3, -0.25) is 19.2 Å². The van der Waals surface area contributed by atoms with E-state index in [1.54, 1.807) is 40.5 Å². The molecule has 32 heavy (non-hydrogen) atoms. The number of hydrogen-bond acceptors (Lipinski definition) is 5. The second-order valence-corrected chi connectivity index (χ2v) is 9.43. The summed E-state index contributed by atoms with van der Waals surface area (Å²) in [4.78, 5) is 54.7. The van der Waals surface area contributed by atoms with E-state index in [-0.39, 0.29) is 36.0 Å². The molecule has 2 aromatic rings. The molecule has 1 N–H and O–H groups in total. The molecule has 168 valence electrons. The SMILES string of the molecule is CC(=O)Nc1ccc(N2C(=O)CC(N(Cc3cccs3)C(=O)C3CCCCC3)C2=O)cc1. The Morgan fingerprint density at radius 2 is 1.81 bits per heavy atom. The smallest absolute Gasteiger partial charge is 0.257 e. The Hall–Kier alpha value is -3.00. The zero-order valence-corrected chi connectivity index (χ0v) is 18.9. The molecule has 1 saturated heterocycles. The summed E-state index contributed by atoms with van der Waals surface area (Å²) in [5, 5.41) is 4.62.